The second kappa shape index (κ2) is 16.4. The molecule has 58 heavy (non-hydrogen) atoms. The number of esters is 1. The molecule has 0 saturated carbocycles. The number of ketones is 1. The number of hydrogen-bond acceptors (Lipinski definition) is 12. The van der Waals surface area contributed by atoms with Gasteiger partial charge in [0.05, 0.1) is 0 Å². The number of amides is 3. The van der Waals surface area contributed by atoms with Crippen molar-refractivity contribution in [1.82, 2.24) is 20.1 Å². The summed E-state index contributed by atoms with van der Waals surface area (Å²) in [4.78, 5) is 81.5. The highest BCUT2D eigenvalue weighted by Gasteiger charge is 2.55. The molecule has 2 fully saturated rings. The van der Waals surface area contributed by atoms with Crippen LogP contribution in [0.2, 0.25) is 0 Å². The lowest BCUT2D eigenvalue weighted by atomic mass is 9.80. The van der Waals surface area contributed by atoms with Gasteiger partial charge in [-0.05, 0) is 18.1 Å². The minimum Gasteiger partial charge on any atom is -0.453 e. The van der Waals surface area contributed by atoms with Crippen molar-refractivity contribution < 1.29 is 33.5 Å². The van der Waals surface area contributed by atoms with Gasteiger partial charge in [-0.1, -0.05) is 117 Å². The number of nitrogen functional groups attached to an aromatic ring is 1. The summed E-state index contributed by atoms with van der Waals surface area (Å²) in [5, 5.41) is 8.40. The van der Waals surface area contributed by atoms with E-state index in [1.54, 1.807) is 44.2 Å². The number of allylic oxidation sites excluding steroid dienone is 1. The number of rotatable bonds is 12. The van der Waals surface area contributed by atoms with Crippen LogP contribution in [0.25, 0.3) is 0 Å². The van der Waals surface area contributed by atoms with Crippen molar-refractivity contribution in [2.45, 2.75) is 44.2 Å². The molecule has 13 nitrogen and oxygen atoms in total. The van der Waals surface area contributed by atoms with Crippen molar-refractivity contribution in [3.8, 4) is 0 Å². The number of likely N-dealkylation sites (tertiary alicyclic amines) is 1. The predicted molar refractivity (Wildman–Crippen MR) is 221 cm³/mol. The van der Waals surface area contributed by atoms with Crippen LogP contribution in [0.4, 0.5) is 5.13 Å². The van der Waals surface area contributed by atoms with Gasteiger partial charge in [0.2, 0.25) is 11.5 Å². The molecule has 3 aromatic carbocycles. The first kappa shape index (κ1) is 40.1. The number of carbonyl (C=O) groups excluding carboxylic acids is 5. The molecule has 0 bridgehead atoms. The third kappa shape index (κ3) is 7.79. The third-order valence-corrected chi connectivity index (χ3v) is 12.1. The zero-order valence-corrected chi connectivity index (χ0v) is 34.0. The van der Waals surface area contributed by atoms with E-state index in [2.05, 4.69) is 15.5 Å². The summed E-state index contributed by atoms with van der Waals surface area (Å²) in [6.45, 7) is 5.17. The monoisotopic (exact) mass is 818 g/mol. The van der Waals surface area contributed by atoms with Crippen molar-refractivity contribution in [2.75, 3.05) is 31.7 Å². The quantitative estimate of drug-likeness (QED) is 0.0493. The summed E-state index contributed by atoms with van der Waals surface area (Å²) < 4.78 is 5.49. The molecule has 298 valence electrons. The number of nitrogens with zero attached hydrogens (tertiary/aromatic N) is 4. The zero-order chi connectivity index (χ0) is 41.2. The van der Waals surface area contributed by atoms with Gasteiger partial charge in [0, 0.05) is 52.4 Å². The van der Waals surface area contributed by atoms with Gasteiger partial charge in [-0.25, -0.2) is 9.78 Å². The Morgan fingerprint density at radius 1 is 0.948 bits per heavy atom. The Kier molecular flexibility index (Phi) is 11.4. The number of anilines is 1. The minimum absolute atomic E-state index is 0.0707. The van der Waals surface area contributed by atoms with Crippen LogP contribution in [-0.4, -0.2) is 87.3 Å². The number of aromatic nitrogens is 1. The van der Waals surface area contributed by atoms with Gasteiger partial charge in [-0.2, -0.15) is 0 Å². The maximum Gasteiger partial charge on any atom is 0.355 e. The van der Waals surface area contributed by atoms with Crippen LogP contribution in [0.5, 0.6) is 0 Å². The van der Waals surface area contributed by atoms with E-state index < -0.39 is 46.8 Å². The van der Waals surface area contributed by atoms with Crippen LogP contribution in [0, 0.1) is 5.41 Å². The van der Waals surface area contributed by atoms with Crippen LogP contribution in [0.1, 0.15) is 49.6 Å². The molecule has 15 heteroatoms. The number of ether oxygens (including phenoxy) is 1. The molecule has 0 radical (unpaired) electrons. The molecule has 3 aliphatic rings. The summed E-state index contributed by atoms with van der Waals surface area (Å²) >= 11 is 2.43. The van der Waals surface area contributed by atoms with Gasteiger partial charge in [0.25, 0.3) is 11.8 Å². The number of likely N-dealkylation sites (N-methyl/N-ethyl adjacent to an activating group) is 1. The van der Waals surface area contributed by atoms with Crippen molar-refractivity contribution >= 4 is 63.4 Å². The Morgan fingerprint density at radius 2 is 1.53 bits per heavy atom. The van der Waals surface area contributed by atoms with Crippen LogP contribution < -0.4 is 11.1 Å². The largest absolute Gasteiger partial charge is 0.453 e. The fraction of sp³-hybridized carbons (Fsp3) is 0.279. The van der Waals surface area contributed by atoms with Crippen LogP contribution >= 0.6 is 23.1 Å². The van der Waals surface area contributed by atoms with Gasteiger partial charge in [-0.3, -0.25) is 24.1 Å². The fourth-order valence-corrected chi connectivity index (χ4v) is 8.70. The van der Waals surface area contributed by atoms with E-state index in [0.29, 0.717) is 24.1 Å². The predicted octanol–water partition coefficient (Wildman–Crippen LogP) is 5.04. The van der Waals surface area contributed by atoms with Gasteiger partial charge < -0.3 is 25.5 Å². The smallest absolute Gasteiger partial charge is 0.355 e. The number of oxime groups is 1. The van der Waals surface area contributed by atoms with E-state index >= 15 is 0 Å². The lowest BCUT2D eigenvalue weighted by Crippen LogP contribution is -2.71. The summed E-state index contributed by atoms with van der Waals surface area (Å²) in [6.07, 6.45) is 2.10. The Balaban J connectivity index is 1.22. The standard InChI is InChI=1S/C43H42N6O7S2/c1-42(2,3)32(50)23-55-40(54)35-27(22-26-20-21-48(4)37(26)52)24-57-39-34(38(53)49(35)39)46-36(51)33(31-25-58-41(44)45-31)47-56-43(28-14-8-5-9-15-28,29-16-10-6-11-17-29)30-18-12-7-13-19-30/h5-19,22,25,34,39H,20-21,23-24H2,1-4H3,(H2,44,45)(H,46,51). The van der Waals surface area contributed by atoms with Gasteiger partial charge in [0.15, 0.2) is 23.2 Å². The fourth-order valence-electron chi connectivity index (χ4n) is 6.85. The number of nitrogens with one attached hydrogen (secondary N) is 1. The number of carbonyl (C=O) groups is 5. The van der Waals surface area contributed by atoms with E-state index in [1.807, 2.05) is 91.0 Å². The highest BCUT2D eigenvalue weighted by Crippen LogP contribution is 2.43. The Labute approximate surface area is 344 Å². The van der Waals surface area contributed by atoms with Crippen molar-refractivity contribution in [3.05, 3.63) is 142 Å². The molecule has 3 amide bonds. The first-order chi connectivity index (χ1) is 27.8. The Bertz CT molecular complexity index is 2240. The molecule has 2 unspecified atom stereocenters. The Morgan fingerprint density at radius 3 is 2.03 bits per heavy atom. The zero-order valence-electron chi connectivity index (χ0n) is 32.3. The number of fused-ring (bicyclic) bond motifs is 1. The van der Waals surface area contributed by atoms with Crippen LogP contribution in [0.3, 0.4) is 0 Å². The van der Waals surface area contributed by atoms with Gasteiger partial charge in [0.1, 0.15) is 22.8 Å². The van der Waals surface area contributed by atoms with Crippen LogP contribution in [-0.2, 0) is 39.1 Å². The first-order valence-corrected chi connectivity index (χ1v) is 20.5. The average Bonchev–Trinajstić information content (AvgIpc) is 3.80. The van der Waals surface area contributed by atoms with Crippen molar-refractivity contribution in [3.63, 3.8) is 0 Å². The van der Waals surface area contributed by atoms with Crippen molar-refractivity contribution in [1.29, 1.82) is 0 Å². The SMILES string of the molecule is CN1CCC(=CC2=C(C(=O)OCC(=O)C(C)(C)C)N3C(=O)C(NC(=O)C(=NOC(c4ccccc4)(c4ccccc4)c4ccccc4)c4csc(N)n4)C3SC2)C1=O. The lowest BCUT2D eigenvalue weighted by molar-refractivity contribution is -0.154. The van der Waals surface area contributed by atoms with E-state index in [4.69, 9.17) is 15.3 Å². The van der Waals surface area contributed by atoms with Gasteiger partial charge >= 0.3 is 5.97 Å². The molecule has 0 aliphatic carbocycles. The van der Waals surface area contributed by atoms with E-state index in [0.717, 1.165) is 28.0 Å². The molecule has 0 spiro atoms. The number of thiazole rings is 1. The summed E-state index contributed by atoms with van der Waals surface area (Å²) in [5.74, 6) is -2.48. The molecule has 4 aromatic rings. The normalized spacial score (nSPS) is 19.2. The molecule has 3 aliphatic heterocycles. The molecule has 2 saturated heterocycles. The number of nitrogens with two attached hydrogens (primary N) is 1. The highest BCUT2D eigenvalue weighted by molar-refractivity contribution is 8.00. The number of Topliss-reactive ketones (excluding diaryl/α,β-unsaturated/α-hetero) is 1. The number of thioether (sulfide) groups is 1. The first-order valence-electron chi connectivity index (χ1n) is 18.6. The second-order valence-corrected chi connectivity index (χ2v) is 17.0. The molecule has 4 heterocycles. The maximum atomic E-state index is 14.4. The Hall–Kier alpha value is -6.06. The molecular weight excluding hydrogens is 777 g/mol. The molecular formula is C43H42N6O7S2. The van der Waals surface area contributed by atoms with Crippen LogP contribution in [0.15, 0.2) is 124 Å². The number of benzene rings is 3. The third-order valence-electron chi connectivity index (χ3n) is 10.1. The lowest BCUT2D eigenvalue weighted by Gasteiger charge is -2.49. The van der Waals surface area contributed by atoms with E-state index in [9.17, 15) is 24.0 Å². The maximum absolute atomic E-state index is 14.4. The molecule has 7 rings (SSSR count). The number of β-lactam (4-membered cyclic amide) rings is 1. The highest BCUT2D eigenvalue weighted by atomic mass is 32.2. The average molecular weight is 819 g/mol. The molecule has 1 aromatic heterocycles. The molecule has 2 atom stereocenters. The summed E-state index contributed by atoms with van der Waals surface area (Å²) in [6, 6.07) is 27.4. The van der Waals surface area contributed by atoms with Crippen molar-refractivity contribution in [2.24, 2.45) is 10.6 Å². The topological polar surface area (TPSA) is 174 Å². The summed E-state index contributed by atoms with van der Waals surface area (Å²) in [5.41, 5.74) is 6.91. The molecule has 3 N–H and O–H groups in total. The summed E-state index contributed by atoms with van der Waals surface area (Å²) in [7, 11) is 1.69. The second-order valence-electron chi connectivity index (χ2n) is 15.0. The number of hydrogen-bond donors (Lipinski definition) is 2. The van der Waals surface area contributed by atoms with E-state index in [1.165, 1.54) is 16.7 Å². The van der Waals surface area contributed by atoms with E-state index in [-0.39, 0.29) is 39.7 Å². The minimum atomic E-state index is -1.33. The van der Waals surface area contributed by atoms with Gasteiger partial charge in [-0.15, -0.1) is 23.1 Å².